The number of fused-ring (bicyclic) bond motifs is 1. The third-order valence-corrected chi connectivity index (χ3v) is 4.76. The Labute approximate surface area is 161 Å². The van der Waals surface area contributed by atoms with Crippen LogP contribution in [-0.2, 0) is 11.2 Å². The molecule has 5 N–H and O–H groups in total. The molecule has 1 aromatic carbocycles. The van der Waals surface area contributed by atoms with Gasteiger partial charge in [-0.3, -0.25) is 9.69 Å². The molecular formula is C19H22N6O3. The zero-order chi connectivity index (χ0) is 19.5. The van der Waals surface area contributed by atoms with Crippen molar-refractivity contribution in [3.8, 4) is 0 Å². The molecule has 1 fully saturated rings. The molecule has 0 bridgehead atoms. The van der Waals surface area contributed by atoms with Gasteiger partial charge in [0.15, 0.2) is 0 Å². The number of carbonyl (C=O) groups excluding carboxylic acids is 1. The predicted octanol–water partition coefficient (Wildman–Crippen LogP) is 1.51. The number of benzene rings is 1. The summed E-state index contributed by atoms with van der Waals surface area (Å²) in [4.78, 5) is 22.8. The Morgan fingerprint density at radius 2 is 1.89 bits per heavy atom. The largest absolute Gasteiger partial charge is 0.445 e. The van der Waals surface area contributed by atoms with Crippen molar-refractivity contribution >= 4 is 34.5 Å². The minimum Gasteiger partial charge on any atom is -0.445 e. The maximum atomic E-state index is 12.6. The summed E-state index contributed by atoms with van der Waals surface area (Å²) in [5.74, 6) is -0.237. The lowest BCUT2D eigenvalue weighted by Gasteiger charge is -2.26. The second-order valence-corrected chi connectivity index (χ2v) is 6.65. The molecule has 1 aliphatic rings. The molecule has 0 spiro atoms. The van der Waals surface area contributed by atoms with Crippen LogP contribution in [0.4, 0.5) is 17.5 Å². The molecule has 9 heteroatoms. The number of nitrogen functional groups attached to an aromatic ring is 2. The van der Waals surface area contributed by atoms with Crippen molar-refractivity contribution < 1.29 is 13.9 Å². The highest BCUT2D eigenvalue weighted by atomic mass is 16.5. The Hall–Kier alpha value is -3.17. The highest BCUT2D eigenvalue weighted by Crippen LogP contribution is 2.25. The van der Waals surface area contributed by atoms with E-state index in [4.69, 9.17) is 20.6 Å². The van der Waals surface area contributed by atoms with E-state index >= 15 is 0 Å². The summed E-state index contributed by atoms with van der Waals surface area (Å²) < 4.78 is 10.7. The number of nitrogens with two attached hydrogens (primary N) is 2. The summed E-state index contributed by atoms with van der Waals surface area (Å²) in [5.41, 5.74) is 13.8. The normalized spacial score (nSPS) is 15.0. The molecule has 1 saturated heterocycles. The molecule has 9 nitrogen and oxygen atoms in total. The molecule has 1 aliphatic heterocycles. The van der Waals surface area contributed by atoms with Crippen LogP contribution in [-0.4, -0.2) is 53.6 Å². The number of ether oxygens (including phenoxy) is 1. The van der Waals surface area contributed by atoms with Gasteiger partial charge in [0, 0.05) is 25.3 Å². The molecule has 1 amide bonds. The van der Waals surface area contributed by atoms with Gasteiger partial charge in [-0.1, -0.05) is 12.1 Å². The Morgan fingerprint density at radius 3 is 2.64 bits per heavy atom. The molecule has 0 saturated carbocycles. The van der Waals surface area contributed by atoms with Gasteiger partial charge in [-0.25, -0.2) is 0 Å². The van der Waals surface area contributed by atoms with Crippen molar-refractivity contribution in [2.75, 3.05) is 49.6 Å². The summed E-state index contributed by atoms with van der Waals surface area (Å²) in [5, 5.41) is 3.20. The maximum absolute atomic E-state index is 12.6. The van der Waals surface area contributed by atoms with Crippen molar-refractivity contribution in [2.45, 2.75) is 6.42 Å². The van der Waals surface area contributed by atoms with E-state index in [1.165, 1.54) is 11.8 Å². The number of morpholine rings is 1. The molecule has 3 aromatic rings. The SMILES string of the molecule is Nc1nc(N)c2c(C(=O)Nc3ccc(CCN4CCOCC4)cc3)coc2n1. The Balaban J connectivity index is 1.41. The van der Waals surface area contributed by atoms with Gasteiger partial charge in [0.05, 0.1) is 24.2 Å². The molecule has 0 radical (unpaired) electrons. The van der Waals surface area contributed by atoms with Crippen molar-refractivity contribution in [3.05, 3.63) is 41.7 Å². The second-order valence-electron chi connectivity index (χ2n) is 6.65. The quantitative estimate of drug-likeness (QED) is 0.605. The first-order valence-corrected chi connectivity index (χ1v) is 9.11. The van der Waals surface area contributed by atoms with E-state index in [0.29, 0.717) is 11.1 Å². The molecule has 28 heavy (non-hydrogen) atoms. The summed E-state index contributed by atoms with van der Waals surface area (Å²) in [6.07, 6.45) is 2.26. The van der Waals surface area contributed by atoms with E-state index < -0.39 is 0 Å². The number of nitrogens with one attached hydrogen (secondary N) is 1. The monoisotopic (exact) mass is 382 g/mol. The number of hydrogen-bond donors (Lipinski definition) is 3. The summed E-state index contributed by atoms with van der Waals surface area (Å²) >= 11 is 0. The summed E-state index contributed by atoms with van der Waals surface area (Å²) in [7, 11) is 0. The number of hydrogen-bond acceptors (Lipinski definition) is 8. The molecule has 4 rings (SSSR count). The van der Waals surface area contributed by atoms with E-state index in [1.54, 1.807) is 0 Å². The molecule has 0 unspecified atom stereocenters. The number of anilines is 3. The number of carbonyl (C=O) groups is 1. The fourth-order valence-corrected chi connectivity index (χ4v) is 3.22. The van der Waals surface area contributed by atoms with Gasteiger partial charge in [-0.05, 0) is 24.1 Å². The first-order chi connectivity index (χ1) is 13.6. The lowest BCUT2D eigenvalue weighted by atomic mass is 10.1. The van der Waals surface area contributed by atoms with Gasteiger partial charge < -0.3 is 25.9 Å². The van der Waals surface area contributed by atoms with Crippen molar-refractivity contribution in [1.82, 2.24) is 14.9 Å². The molecule has 0 aliphatic carbocycles. The third-order valence-electron chi connectivity index (χ3n) is 4.76. The highest BCUT2D eigenvalue weighted by molar-refractivity contribution is 6.14. The van der Waals surface area contributed by atoms with E-state index in [9.17, 15) is 4.79 Å². The molecular weight excluding hydrogens is 360 g/mol. The van der Waals surface area contributed by atoms with Crippen LogP contribution in [0.2, 0.25) is 0 Å². The summed E-state index contributed by atoms with van der Waals surface area (Å²) in [6, 6.07) is 7.79. The third kappa shape index (κ3) is 3.90. The van der Waals surface area contributed by atoms with Crippen LogP contribution >= 0.6 is 0 Å². The number of nitrogens with zero attached hydrogens (tertiary/aromatic N) is 3. The zero-order valence-electron chi connectivity index (χ0n) is 15.4. The van der Waals surface area contributed by atoms with Crippen LogP contribution in [0.1, 0.15) is 15.9 Å². The predicted molar refractivity (Wildman–Crippen MR) is 106 cm³/mol. The average Bonchev–Trinajstić information content (AvgIpc) is 3.12. The van der Waals surface area contributed by atoms with Gasteiger partial charge in [-0.15, -0.1) is 0 Å². The van der Waals surface area contributed by atoms with E-state index in [1.807, 2.05) is 24.3 Å². The zero-order valence-corrected chi connectivity index (χ0v) is 15.4. The molecule has 2 aromatic heterocycles. The number of amides is 1. The second kappa shape index (κ2) is 7.83. The highest BCUT2D eigenvalue weighted by Gasteiger charge is 2.19. The van der Waals surface area contributed by atoms with Crippen LogP contribution in [0.15, 0.2) is 34.9 Å². The number of furan rings is 1. The molecule has 146 valence electrons. The minimum absolute atomic E-state index is 0.000948. The van der Waals surface area contributed by atoms with Gasteiger partial charge in [0.1, 0.15) is 12.1 Å². The van der Waals surface area contributed by atoms with Crippen molar-refractivity contribution in [3.63, 3.8) is 0 Å². The Kier molecular flexibility index (Phi) is 5.09. The molecule has 3 heterocycles. The lowest BCUT2D eigenvalue weighted by Crippen LogP contribution is -2.37. The van der Waals surface area contributed by atoms with Gasteiger partial charge in [0.25, 0.3) is 5.91 Å². The van der Waals surface area contributed by atoms with Crippen LogP contribution in [0.3, 0.4) is 0 Å². The fourth-order valence-electron chi connectivity index (χ4n) is 3.22. The van der Waals surface area contributed by atoms with E-state index in [-0.39, 0.29) is 29.0 Å². The van der Waals surface area contributed by atoms with Crippen LogP contribution in [0, 0.1) is 0 Å². The summed E-state index contributed by atoms with van der Waals surface area (Å²) in [6.45, 7) is 4.56. The minimum atomic E-state index is -0.347. The fraction of sp³-hybridized carbons (Fsp3) is 0.316. The Morgan fingerprint density at radius 1 is 1.14 bits per heavy atom. The number of rotatable bonds is 5. The smallest absolute Gasteiger partial charge is 0.259 e. The molecule has 0 atom stereocenters. The Bertz CT molecular complexity index is 979. The van der Waals surface area contributed by atoms with Gasteiger partial charge >= 0.3 is 0 Å². The first kappa shape index (κ1) is 18.2. The standard InChI is InChI=1S/C19H22N6O3/c20-16-15-14(11-28-18(15)24-19(21)23-16)17(26)22-13-3-1-12(2-4-13)5-6-25-7-9-27-10-8-25/h1-4,11H,5-10H2,(H,22,26)(H4,20,21,23,24). The van der Waals surface area contributed by atoms with Crippen LogP contribution in [0.25, 0.3) is 11.1 Å². The van der Waals surface area contributed by atoms with Gasteiger partial charge in [-0.2, -0.15) is 9.97 Å². The van der Waals surface area contributed by atoms with E-state index in [0.717, 1.165) is 39.3 Å². The average molecular weight is 382 g/mol. The maximum Gasteiger partial charge on any atom is 0.259 e. The van der Waals surface area contributed by atoms with Crippen LogP contribution < -0.4 is 16.8 Å². The first-order valence-electron chi connectivity index (χ1n) is 9.11. The number of aromatic nitrogens is 2. The van der Waals surface area contributed by atoms with Crippen LogP contribution in [0.5, 0.6) is 0 Å². The van der Waals surface area contributed by atoms with Crippen molar-refractivity contribution in [1.29, 1.82) is 0 Å². The van der Waals surface area contributed by atoms with Crippen molar-refractivity contribution in [2.24, 2.45) is 0 Å². The topological polar surface area (TPSA) is 133 Å². The van der Waals surface area contributed by atoms with E-state index in [2.05, 4.69) is 20.2 Å². The van der Waals surface area contributed by atoms with Gasteiger partial charge in [0.2, 0.25) is 11.7 Å². The lowest BCUT2D eigenvalue weighted by molar-refractivity contribution is 0.0384.